The number of thiocarbonyl (C=S) groups is 1. The lowest BCUT2D eigenvalue weighted by Crippen LogP contribution is -2.28. The maximum absolute atomic E-state index is 13.9. The van der Waals surface area contributed by atoms with Gasteiger partial charge in [0.25, 0.3) is 0 Å². The molecule has 0 saturated heterocycles. The monoisotopic (exact) mass is 390 g/mol. The lowest BCUT2D eigenvalue weighted by atomic mass is 10.1. The molecule has 1 aromatic carbocycles. The van der Waals surface area contributed by atoms with Gasteiger partial charge in [0.1, 0.15) is 0 Å². The second-order valence-electron chi connectivity index (χ2n) is 5.38. The van der Waals surface area contributed by atoms with Gasteiger partial charge in [0.15, 0.2) is 28.4 Å². The Labute approximate surface area is 151 Å². The number of hydrogen-bond acceptors (Lipinski definition) is 2. The van der Waals surface area contributed by atoms with Crippen molar-refractivity contribution < 1.29 is 22.0 Å². The number of nitrogens with zero attached hydrogens (tertiary/aromatic N) is 2. The molecule has 0 amide bonds. The van der Waals surface area contributed by atoms with Crippen molar-refractivity contribution in [2.24, 2.45) is 0 Å². The summed E-state index contributed by atoms with van der Waals surface area (Å²) in [6.07, 6.45) is 1.60. The Kier molecular flexibility index (Phi) is 5.96. The Morgan fingerprint density at radius 3 is 2.15 bits per heavy atom. The average molecular weight is 390 g/mol. The van der Waals surface area contributed by atoms with Crippen LogP contribution in [-0.2, 0) is 6.54 Å². The van der Waals surface area contributed by atoms with E-state index < -0.39 is 41.2 Å². The molecule has 0 radical (unpaired) electrons. The zero-order valence-electron chi connectivity index (χ0n) is 13.9. The molecular formula is C16H15F5N4S. The molecule has 0 unspecified atom stereocenters. The van der Waals surface area contributed by atoms with Crippen molar-refractivity contribution in [2.75, 3.05) is 11.9 Å². The highest BCUT2D eigenvalue weighted by Crippen LogP contribution is 2.26. The molecule has 0 fully saturated rings. The highest BCUT2D eigenvalue weighted by atomic mass is 32.1. The first-order valence-corrected chi connectivity index (χ1v) is 7.79. The van der Waals surface area contributed by atoms with Crippen LogP contribution < -0.4 is 10.6 Å². The van der Waals surface area contributed by atoms with Crippen molar-refractivity contribution >= 4 is 23.0 Å². The number of aryl methyl sites for hydroxylation is 1. The first kappa shape index (κ1) is 19.8. The van der Waals surface area contributed by atoms with E-state index in [0.717, 1.165) is 4.68 Å². The molecule has 0 aliphatic heterocycles. The standard InChI is InChI=1S/C16H15F5N4S/c1-4-5-22-16(26)23-15-7(2)24-25(8(15)3)6-9-10(17)12(19)14(21)13(20)11(9)18/h4H,1,5-6H2,2-3H3,(H2,22,23,26). The maximum Gasteiger partial charge on any atom is 0.200 e. The molecular weight excluding hydrogens is 375 g/mol. The van der Waals surface area contributed by atoms with E-state index in [9.17, 15) is 22.0 Å². The average Bonchev–Trinajstić information content (AvgIpc) is 2.87. The Hall–Kier alpha value is -2.49. The molecule has 0 aliphatic rings. The molecule has 0 bridgehead atoms. The van der Waals surface area contributed by atoms with Crippen LogP contribution in [0.3, 0.4) is 0 Å². The van der Waals surface area contributed by atoms with E-state index in [0.29, 0.717) is 23.6 Å². The van der Waals surface area contributed by atoms with Crippen molar-refractivity contribution in [3.63, 3.8) is 0 Å². The van der Waals surface area contributed by atoms with Gasteiger partial charge in [-0.15, -0.1) is 6.58 Å². The maximum atomic E-state index is 13.9. The predicted molar refractivity (Wildman–Crippen MR) is 91.5 cm³/mol. The molecule has 0 aliphatic carbocycles. The molecule has 26 heavy (non-hydrogen) atoms. The Bertz CT molecular complexity index is 849. The largest absolute Gasteiger partial charge is 0.359 e. The molecule has 0 spiro atoms. The van der Waals surface area contributed by atoms with E-state index >= 15 is 0 Å². The fourth-order valence-corrected chi connectivity index (χ4v) is 2.48. The van der Waals surface area contributed by atoms with Crippen LogP contribution >= 0.6 is 12.2 Å². The highest BCUT2D eigenvalue weighted by molar-refractivity contribution is 7.80. The zero-order valence-corrected chi connectivity index (χ0v) is 14.7. The summed E-state index contributed by atoms with van der Waals surface area (Å²) in [5.41, 5.74) is 0.352. The summed E-state index contributed by atoms with van der Waals surface area (Å²) in [5, 5.41) is 10.1. The summed E-state index contributed by atoms with van der Waals surface area (Å²) < 4.78 is 68.7. The Morgan fingerprint density at radius 2 is 1.62 bits per heavy atom. The van der Waals surface area contributed by atoms with Gasteiger partial charge >= 0.3 is 0 Å². The summed E-state index contributed by atoms with van der Waals surface area (Å²) in [4.78, 5) is 0. The zero-order chi connectivity index (χ0) is 19.6. The van der Waals surface area contributed by atoms with Crippen molar-refractivity contribution in [1.29, 1.82) is 0 Å². The fourth-order valence-electron chi connectivity index (χ4n) is 2.29. The van der Waals surface area contributed by atoms with E-state index in [-0.39, 0.29) is 5.11 Å². The quantitative estimate of drug-likeness (QED) is 0.269. The number of benzene rings is 1. The summed E-state index contributed by atoms with van der Waals surface area (Å²) in [7, 11) is 0. The lowest BCUT2D eigenvalue weighted by molar-refractivity contribution is 0.366. The minimum absolute atomic E-state index is 0.270. The normalized spacial score (nSPS) is 10.7. The number of halogens is 5. The second kappa shape index (κ2) is 7.81. The van der Waals surface area contributed by atoms with Crippen LogP contribution in [0.15, 0.2) is 12.7 Å². The fraction of sp³-hybridized carbons (Fsp3) is 0.250. The molecule has 140 valence electrons. The Morgan fingerprint density at radius 1 is 1.08 bits per heavy atom. The van der Waals surface area contributed by atoms with Crippen molar-refractivity contribution in [3.05, 3.63) is 58.7 Å². The molecule has 1 heterocycles. The number of hydrogen-bond donors (Lipinski definition) is 2. The van der Waals surface area contributed by atoms with Crippen LogP contribution in [0.4, 0.5) is 27.6 Å². The van der Waals surface area contributed by atoms with Crippen LogP contribution in [0.25, 0.3) is 0 Å². The smallest absolute Gasteiger partial charge is 0.200 e. The molecule has 0 saturated carbocycles. The van der Waals surface area contributed by atoms with E-state index in [1.807, 2.05) is 0 Å². The summed E-state index contributed by atoms with van der Waals surface area (Å²) in [6, 6.07) is 0. The van der Waals surface area contributed by atoms with Crippen LogP contribution in [0, 0.1) is 42.9 Å². The summed E-state index contributed by atoms with van der Waals surface area (Å²) in [5.74, 6) is -9.95. The van der Waals surface area contributed by atoms with Crippen molar-refractivity contribution in [2.45, 2.75) is 20.4 Å². The first-order valence-electron chi connectivity index (χ1n) is 7.39. The van der Waals surface area contributed by atoms with E-state index in [2.05, 4.69) is 22.3 Å². The van der Waals surface area contributed by atoms with Crippen LogP contribution in [0.2, 0.25) is 0 Å². The van der Waals surface area contributed by atoms with Gasteiger partial charge in [0.2, 0.25) is 5.82 Å². The second-order valence-corrected chi connectivity index (χ2v) is 5.78. The van der Waals surface area contributed by atoms with Crippen molar-refractivity contribution in [1.82, 2.24) is 15.1 Å². The van der Waals surface area contributed by atoms with Gasteiger partial charge in [-0.25, -0.2) is 22.0 Å². The lowest BCUT2D eigenvalue weighted by Gasteiger charge is -2.11. The molecule has 10 heteroatoms. The van der Waals surface area contributed by atoms with E-state index in [4.69, 9.17) is 12.2 Å². The van der Waals surface area contributed by atoms with E-state index in [1.165, 1.54) is 0 Å². The van der Waals surface area contributed by atoms with Gasteiger partial charge in [-0.3, -0.25) is 4.68 Å². The summed E-state index contributed by atoms with van der Waals surface area (Å²) in [6.45, 7) is 6.51. The first-order chi connectivity index (χ1) is 12.2. The molecule has 4 nitrogen and oxygen atoms in total. The topological polar surface area (TPSA) is 41.9 Å². The molecule has 1 aromatic heterocycles. The molecule has 2 N–H and O–H groups in total. The third-order valence-corrected chi connectivity index (χ3v) is 3.88. The number of aromatic nitrogens is 2. The van der Waals surface area contributed by atoms with Crippen molar-refractivity contribution in [3.8, 4) is 0 Å². The third-order valence-electron chi connectivity index (χ3n) is 3.64. The van der Waals surface area contributed by atoms with Crippen LogP contribution in [-0.4, -0.2) is 21.4 Å². The van der Waals surface area contributed by atoms with Crippen LogP contribution in [0.5, 0.6) is 0 Å². The number of nitrogens with one attached hydrogen (secondary N) is 2. The number of rotatable bonds is 5. The van der Waals surface area contributed by atoms with Gasteiger partial charge in [-0.05, 0) is 26.1 Å². The summed E-state index contributed by atoms with van der Waals surface area (Å²) >= 11 is 5.08. The van der Waals surface area contributed by atoms with Gasteiger partial charge in [0.05, 0.1) is 29.2 Å². The van der Waals surface area contributed by atoms with Gasteiger partial charge in [-0.1, -0.05) is 6.08 Å². The highest BCUT2D eigenvalue weighted by Gasteiger charge is 2.26. The van der Waals surface area contributed by atoms with Gasteiger partial charge in [0, 0.05) is 6.54 Å². The predicted octanol–water partition coefficient (Wildman–Crippen LogP) is 3.72. The van der Waals surface area contributed by atoms with Crippen LogP contribution in [0.1, 0.15) is 17.0 Å². The molecule has 2 rings (SSSR count). The SMILES string of the molecule is C=CCNC(=S)Nc1c(C)nn(Cc2c(F)c(F)c(F)c(F)c2F)c1C. The van der Waals surface area contributed by atoms with E-state index in [1.54, 1.807) is 19.9 Å². The minimum atomic E-state index is -2.20. The number of anilines is 1. The Balaban J connectivity index is 2.37. The minimum Gasteiger partial charge on any atom is -0.359 e. The van der Waals surface area contributed by atoms with Gasteiger partial charge < -0.3 is 10.6 Å². The third kappa shape index (κ3) is 3.69. The van der Waals surface area contributed by atoms with Gasteiger partial charge in [-0.2, -0.15) is 5.10 Å². The molecule has 2 aromatic rings. The molecule has 0 atom stereocenters.